The number of allylic oxidation sites excluding steroid dienone is 2. The van der Waals surface area contributed by atoms with Crippen molar-refractivity contribution in [1.29, 1.82) is 0 Å². The van der Waals surface area contributed by atoms with Crippen molar-refractivity contribution < 1.29 is 14.3 Å². The number of hydrogen-bond donors (Lipinski definition) is 0. The molecule has 2 rings (SSSR count). The van der Waals surface area contributed by atoms with Gasteiger partial charge in [0, 0.05) is 19.4 Å². The molecule has 0 fully saturated rings. The lowest BCUT2D eigenvalue weighted by atomic mass is 9.98. The van der Waals surface area contributed by atoms with Crippen molar-refractivity contribution in [3.8, 4) is 0 Å². The van der Waals surface area contributed by atoms with Gasteiger partial charge >= 0.3 is 5.97 Å². The van der Waals surface area contributed by atoms with Crippen molar-refractivity contribution in [2.45, 2.75) is 38.8 Å². The molecule has 0 aliphatic carbocycles. The Balaban J connectivity index is 2.28. The van der Waals surface area contributed by atoms with E-state index in [1.165, 1.54) is 0 Å². The van der Waals surface area contributed by atoms with Crippen molar-refractivity contribution in [3.63, 3.8) is 0 Å². The van der Waals surface area contributed by atoms with Gasteiger partial charge in [-0.25, -0.2) is 4.79 Å². The van der Waals surface area contributed by atoms with E-state index >= 15 is 0 Å². The first-order valence-electron chi connectivity index (χ1n) is 6.61. The Hall–Kier alpha value is -1.29. The topological polar surface area (TPSA) is 38.8 Å². The van der Waals surface area contributed by atoms with Crippen LogP contribution in [0.4, 0.5) is 0 Å². The Morgan fingerprint density at radius 2 is 2.28 bits per heavy atom. The van der Waals surface area contributed by atoms with Crippen LogP contribution >= 0.6 is 0 Å². The predicted octanol–water partition coefficient (Wildman–Crippen LogP) is 2.22. The average Bonchev–Trinajstić information content (AvgIpc) is 2.63. The van der Waals surface area contributed by atoms with Crippen LogP contribution in [-0.2, 0) is 14.3 Å². The van der Waals surface area contributed by atoms with Gasteiger partial charge in [0.1, 0.15) is 6.23 Å². The van der Waals surface area contributed by atoms with Crippen molar-refractivity contribution in [1.82, 2.24) is 4.90 Å². The molecule has 0 spiro atoms. The first kappa shape index (κ1) is 13.1. The lowest BCUT2D eigenvalue weighted by Crippen LogP contribution is -2.40. The lowest BCUT2D eigenvalue weighted by molar-refractivity contribution is -0.139. The molecule has 4 nitrogen and oxygen atoms in total. The number of nitrogens with zero attached hydrogens (tertiary/aromatic N) is 1. The smallest absolute Gasteiger partial charge is 0.335 e. The third-order valence-corrected chi connectivity index (χ3v) is 3.49. The van der Waals surface area contributed by atoms with Crippen LogP contribution in [0.1, 0.15) is 32.6 Å². The maximum atomic E-state index is 12.0. The second-order valence-electron chi connectivity index (χ2n) is 4.54. The van der Waals surface area contributed by atoms with E-state index in [1.54, 1.807) is 7.11 Å². The van der Waals surface area contributed by atoms with E-state index in [-0.39, 0.29) is 12.2 Å². The van der Waals surface area contributed by atoms with Crippen molar-refractivity contribution in [2.75, 3.05) is 20.3 Å². The van der Waals surface area contributed by atoms with Crippen LogP contribution in [0, 0.1) is 0 Å². The molecule has 1 atom stereocenters. The SMILES string of the molecule is CCOC(=O)C1=C2CCC=CCN2C(OC)CC1. The minimum Gasteiger partial charge on any atom is -0.463 e. The largest absolute Gasteiger partial charge is 0.463 e. The normalized spacial score (nSPS) is 23.7. The highest BCUT2D eigenvalue weighted by Crippen LogP contribution is 2.32. The highest BCUT2D eigenvalue weighted by atomic mass is 16.5. The molecule has 0 aromatic heterocycles. The van der Waals surface area contributed by atoms with Crippen molar-refractivity contribution in [2.24, 2.45) is 0 Å². The summed E-state index contributed by atoms with van der Waals surface area (Å²) in [6.07, 6.45) is 7.87. The molecule has 4 heteroatoms. The predicted molar refractivity (Wildman–Crippen MR) is 68.8 cm³/mol. The van der Waals surface area contributed by atoms with E-state index in [9.17, 15) is 4.79 Å². The fourth-order valence-electron chi connectivity index (χ4n) is 2.65. The fourth-order valence-corrected chi connectivity index (χ4v) is 2.65. The van der Waals surface area contributed by atoms with E-state index in [0.29, 0.717) is 6.61 Å². The zero-order valence-electron chi connectivity index (χ0n) is 11.1. The van der Waals surface area contributed by atoms with Gasteiger partial charge in [0.15, 0.2) is 0 Å². The van der Waals surface area contributed by atoms with Crippen LogP contribution < -0.4 is 0 Å². The number of esters is 1. The molecule has 18 heavy (non-hydrogen) atoms. The summed E-state index contributed by atoms with van der Waals surface area (Å²) in [5, 5.41) is 0. The van der Waals surface area contributed by atoms with Gasteiger partial charge in [-0.15, -0.1) is 0 Å². The quantitative estimate of drug-likeness (QED) is 0.569. The molecule has 0 aromatic rings. The molecule has 2 aliphatic rings. The highest BCUT2D eigenvalue weighted by Gasteiger charge is 2.31. The Kier molecular flexibility index (Phi) is 4.42. The zero-order chi connectivity index (χ0) is 13.0. The molecule has 0 amide bonds. The Morgan fingerprint density at radius 3 is 3.00 bits per heavy atom. The van der Waals surface area contributed by atoms with Gasteiger partial charge in [-0.05, 0) is 32.6 Å². The number of fused-ring (bicyclic) bond motifs is 1. The maximum absolute atomic E-state index is 12.0. The molecular formula is C14H21NO3. The minimum atomic E-state index is -0.158. The molecule has 0 aromatic carbocycles. The maximum Gasteiger partial charge on any atom is 0.335 e. The number of carbonyl (C=O) groups excluding carboxylic acids is 1. The molecule has 0 saturated carbocycles. The molecule has 0 N–H and O–H groups in total. The summed E-state index contributed by atoms with van der Waals surface area (Å²) in [5.41, 5.74) is 1.95. The molecule has 0 bridgehead atoms. The lowest BCUT2D eigenvalue weighted by Gasteiger charge is -2.38. The Labute approximate surface area is 108 Å². The number of rotatable bonds is 3. The average molecular weight is 251 g/mol. The van der Waals surface area contributed by atoms with E-state index in [1.807, 2.05) is 6.92 Å². The molecule has 1 unspecified atom stereocenters. The summed E-state index contributed by atoms with van der Waals surface area (Å²) < 4.78 is 10.7. The number of hydrogen-bond acceptors (Lipinski definition) is 4. The highest BCUT2D eigenvalue weighted by molar-refractivity contribution is 5.89. The summed E-state index contributed by atoms with van der Waals surface area (Å²) in [6.45, 7) is 3.09. The molecule has 2 heterocycles. The summed E-state index contributed by atoms with van der Waals surface area (Å²) in [6, 6.07) is 0. The Morgan fingerprint density at radius 1 is 1.44 bits per heavy atom. The van der Waals surface area contributed by atoms with Gasteiger partial charge in [-0.2, -0.15) is 0 Å². The van der Waals surface area contributed by atoms with Crippen LogP contribution in [-0.4, -0.2) is 37.4 Å². The summed E-state index contributed by atoms with van der Waals surface area (Å²) >= 11 is 0. The van der Waals surface area contributed by atoms with Crippen LogP contribution in [0.5, 0.6) is 0 Å². The van der Waals surface area contributed by atoms with Crippen molar-refractivity contribution >= 4 is 5.97 Å². The van der Waals surface area contributed by atoms with Gasteiger partial charge in [0.25, 0.3) is 0 Å². The van der Waals surface area contributed by atoms with Crippen LogP contribution in [0.3, 0.4) is 0 Å². The van der Waals surface area contributed by atoms with Gasteiger partial charge in [0.2, 0.25) is 0 Å². The molecule has 2 aliphatic heterocycles. The van der Waals surface area contributed by atoms with Crippen molar-refractivity contribution in [3.05, 3.63) is 23.4 Å². The van der Waals surface area contributed by atoms with Gasteiger partial charge in [-0.3, -0.25) is 0 Å². The number of methoxy groups -OCH3 is 1. The van der Waals surface area contributed by atoms with E-state index in [2.05, 4.69) is 17.1 Å². The summed E-state index contributed by atoms with van der Waals surface area (Å²) in [5.74, 6) is -0.158. The van der Waals surface area contributed by atoms with Crippen LogP contribution in [0.2, 0.25) is 0 Å². The molecule has 0 saturated heterocycles. The summed E-state index contributed by atoms with van der Waals surface area (Å²) in [4.78, 5) is 14.2. The second-order valence-corrected chi connectivity index (χ2v) is 4.54. The van der Waals surface area contributed by atoms with E-state index in [4.69, 9.17) is 9.47 Å². The zero-order valence-corrected chi connectivity index (χ0v) is 11.1. The third kappa shape index (κ3) is 2.58. The van der Waals surface area contributed by atoms with Crippen LogP contribution in [0.15, 0.2) is 23.4 Å². The molecule has 100 valence electrons. The second kappa shape index (κ2) is 6.05. The monoisotopic (exact) mass is 251 g/mol. The summed E-state index contributed by atoms with van der Waals surface area (Å²) in [7, 11) is 1.73. The Bertz CT molecular complexity index is 373. The molecular weight excluding hydrogens is 230 g/mol. The van der Waals surface area contributed by atoms with Gasteiger partial charge < -0.3 is 14.4 Å². The van der Waals surface area contributed by atoms with E-state index in [0.717, 1.165) is 43.5 Å². The van der Waals surface area contributed by atoms with Crippen LogP contribution in [0.25, 0.3) is 0 Å². The minimum absolute atomic E-state index is 0.0842. The molecule has 0 radical (unpaired) electrons. The third-order valence-electron chi connectivity index (χ3n) is 3.49. The standard InChI is InChI=1S/C14H21NO3/c1-3-18-14(16)11-8-9-13(17-2)15-10-6-4-5-7-12(11)15/h4,6,13H,3,5,7-10H2,1-2H3. The first-order valence-corrected chi connectivity index (χ1v) is 6.61. The number of carbonyl (C=O) groups is 1. The van der Waals surface area contributed by atoms with Gasteiger partial charge in [0.05, 0.1) is 12.2 Å². The number of ether oxygens (including phenoxy) is 2. The first-order chi connectivity index (χ1) is 8.77. The fraction of sp³-hybridized carbons (Fsp3) is 0.643. The van der Waals surface area contributed by atoms with E-state index < -0.39 is 0 Å². The van der Waals surface area contributed by atoms with Gasteiger partial charge in [-0.1, -0.05) is 12.2 Å².